The van der Waals surface area contributed by atoms with Crippen LogP contribution in [0.5, 0.6) is 0 Å². The largest absolute Gasteiger partial charge is 0.370 e. The number of likely N-dealkylation sites (tertiary alicyclic amines) is 1. The number of benzene rings is 1. The Bertz CT molecular complexity index is 597. The number of piperidine rings is 1. The van der Waals surface area contributed by atoms with Crippen molar-refractivity contribution in [2.24, 2.45) is 5.92 Å². The van der Waals surface area contributed by atoms with Crippen molar-refractivity contribution in [3.63, 3.8) is 0 Å². The van der Waals surface area contributed by atoms with Gasteiger partial charge in [-0.3, -0.25) is 9.69 Å². The molecule has 2 fully saturated rings. The van der Waals surface area contributed by atoms with Crippen LogP contribution in [0.4, 0.5) is 0 Å². The first kappa shape index (κ1) is 18.7. The predicted octanol–water partition coefficient (Wildman–Crippen LogP) is 3.63. The molecule has 2 aliphatic rings. The van der Waals surface area contributed by atoms with Crippen LogP contribution in [0.2, 0.25) is 5.02 Å². The zero-order valence-corrected chi connectivity index (χ0v) is 16.0. The van der Waals surface area contributed by atoms with Crippen molar-refractivity contribution in [1.29, 1.82) is 0 Å². The molecule has 0 aromatic heterocycles. The van der Waals surface area contributed by atoms with E-state index in [1.165, 1.54) is 5.56 Å². The number of hydrogen-bond donors (Lipinski definition) is 1. The van der Waals surface area contributed by atoms with Crippen LogP contribution >= 0.6 is 11.6 Å². The number of carbonyl (C=O) groups excluding carboxylic acids is 1. The van der Waals surface area contributed by atoms with Gasteiger partial charge in [-0.1, -0.05) is 43.6 Å². The molecule has 5 heteroatoms. The summed E-state index contributed by atoms with van der Waals surface area (Å²) in [5.41, 5.74) is 1.21. The molecule has 2 heterocycles. The van der Waals surface area contributed by atoms with Crippen LogP contribution < -0.4 is 5.32 Å². The lowest BCUT2D eigenvalue weighted by Crippen LogP contribution is -2.45. The molecule has 2 aliphatic heterocycles. The topological polar surface area (TPSA) is 41.6 Å². The highest BCUT2D eigenvalue weighted by Gasteiger charge is 2.42. The van der Waals surface area contributed by atoms with Gasteiger partial charge in [0.1, 0.15) is 0 Å². The van der Waals surface area contributed by atoms with Gasteiger partial charge in [0, 0.05) is 37.1 Å². The maximum atomic E-state index is 11.7. The molecule has 3 rings (SSSR count). The average molecular weight is 365 g/mol. The van der Waals surface area contributed by atoms with Gasteiger partial charge in [0.2, 0.25) is 5.91 Å². The van der Waals surface area contributed by atoms with Crippen LogP contribution in [0.3, 0.4) is 0 Å². The number of nitrogens with zero attached hydrogens (tertiary/aromatic N) is 1. The number of ether oxygens (including phenoxy) is 1. The normalized spacial score (nSPS) is 23.3. The molecule has 1 aromatic carbocycles. The van der Waals surface area contributed by atoms with E-state index in [2.05, 4.69) is 16.3 Å². The van der Waals surface area contributed by atoms with E-state index >= 15 is 0 Å². The summed E-state index contributed by atoms with van der Waals surface area (Å²) < 4.78 is 6.37. The number of carbonyl (C=O) groups is 1. The second-order valence-corrected chi connectivity index (χ2v) is 8.14. The molecule has 1 N–H and O–H groups in total. The van der Waals surface area contributed by atoms with E-state index < -0.39 is 0 Å². The zero-order valence-electron chi connectivity index (χ0n) is 15.3. The molecule has 1 atom stereocenters. The van der Waals surface area contributed by atoms with Crippen LogP contribution in [0.15, 0.2) is 24.3 Å². The standard InChI is InChI=1S/C20H29ClN2O2/c1-15(2)19(24)22-13-17-7-8-20(25-17)9-11-23(12-10-20)14-16-5-3-4-6-18(16)21/h3-6,15,17H,7-14H2,1-2H3,(H,22,24). The lowest BCUT2D eigenvalue weighted by Gasteiger charge is -2.39. The molecule has 1 unspecified atom stereocenters. The third kappa shape index (κ3) is 4.75. The Balaban J connectivity index is 1.46. The van der Waals surface area contributed by atoms with Gasteiger partial charge < -0.3 is 10.1 Å². The van der Waals surface area contributed by atoms with Crippen LogP contribution in [-0.2, 0) is 16.1 Å². The van der Waals surface area contributed by atoms with Crippen LogP contribution in [0.1, 0.15) is 45.1 Å². The van der Waals surface area contributed by atoms with Gasteiger partial charge in [0.15, 0.2) is 0 Å². The molecular formula is C20H29ClN2O2. The van der Waals surface area contributed by atoms with Crippen molar-refractivity contribution in [3.8, 4) is 0 Å². The van der Waals surface area contributed by atoms with Crippen molar-refractivity contribution < 1.29 is 9.53 Å². The van der Waals surface area contributed by atoms with Crippen molar-refractivity contribution in [3.05, 3.63) is 34.9 Å². The number of halogens is 1. The number of rotatable bonds is 5. The fourth-order valence-electron chi connectivity index (χ4n) is 3.81. The van der Waals surface area contributed by atoms with Gasteiger partial charge in [0.05, 0.1) is 11.7 Å². The van der Waals surface area contributed by atoms with Crippen molar-refractivity contribution >= 4 is 17.5 Å². The average Bonchev–Trinajstić information content (AvgIpc) is 3.00. The summed E-state index contributed by atoms with van der Waals surface area (Å²) >= 11 is 6.28. The molecule has 4 nitrogen and oxygen atoms in total. The maximum absolute atomic E-state index is 11.7. The van der Waals surface area contributed by atoms with E-state index in [1.807, 2.05) is 32.0 Å². The van der Waals surface area contributed by atoms with Gasteiger partial charge in [-0.15, -0.1) is 0 Å². The smallest absolute Gasteiger partial charge is 0.222 e. The lowest BCUT2D eigenvalue weighted by molar-refractivity contribution is -0.125. The van der Waals surface area contributed by atoms with E-state index in [4.69, 9.17) is 16.3 Å². The second-order valence-electron chi connectivity index (χ2n) is 7.73. The third-order valence-corrected chi connectivity index (χ3v) is 5.85. The monoisotopic (exact) mass is 364 g/mol. The number of amides is 1. The van der Waals surface area contributed by atoms with E-state index in [0.717, 1.165) is 50.3 Å². The minimum atomic E-state index is 0.0181. The molecule has 0 aliphatic carbocycles. The highest BCUT2D eigenvalue weighted by Crippen LogP contribution is 2.39. The third-order valence-electron chi connectivity index (χ3n) is 5.49. The summed E-state index contributed by atoms with van der Waals surface area (Å²) in [5.74, 6) is 0.141. The summed E-state index contributed by atoms with van der Waals surface area (Å²) in [7, 11) is 0. The van der Waals surface area contributed by atoms with Gasteiger partial charge in [-0.25, -0.2) is 0 Å². The Labute approximate surface area is 155 Å². The molecule has 1 amide bonds. The van der Waals surface area contributed by atoms with E-state index in [1.54, 1.807) is 0 Å². The van der Waals surface area contributed by atoms with Gasteiger partial charge in [0.25, 0.3) is 0 Å². The fraction of sp³-hybridized carbons (Fsp3) is 0.650. The first-order valence-corrected chi connectivity index (χ1v) is 9.76. The highest BCUT2D eigenvalue weighted by molar-refractivity contribution is 6.31. The molecule has 25 heavy (non-hydrogen) atoms. The molecule has 0 radical (unpaired) electrons. The van der Waals surface area contributed by atoms with Crippen LogP contribution in [0, 0.1) is 5.92 Å². The molecule has 1 aromatic rings. The first-order chi connectivity index (χ1) is 12.0. The SMILES string of the molecule is CC(C)C(=O)NCC1CCC2(CCN(Cc3ccccc3Cl)CC2)O1. The summed E-state index contributed by atoms with van der Waals surface area (Å²) in [4.78, 5) is 14.2. The summed E-state index contributed by atoms with van der Waals surface area (Å²) in [6.45, 7) is 7.46. The minimum absolute atomic E-state index is 0.0181. The molecule has 138 valence electrons. The van der Waals surface area contributed by atoms with Gasteiger partial charge in [-0.2, -0.15) is 0 Å². The van der Waals surface area contributed by atoms with Crippen molar-refractivity contribution in [2.75, 3.05) is 19.6 Å². The molecular weight excluding hydrogens is 336 g/mol. The summed E-state index contributed by atoms with van der Waals surface area (Å²) in [6, 6.07) is 8.08. The number of hydrogen-bond acceptors (Lipinski definition) is 3. The molecule has 0 saturated carbocycles. The molecule has 0 bridgehead atoms. The summed E-state index contributed by atoms with van der Waals surface area (Å²) in [6.07, 6.45) is 4.44. The molecule has 1 spiro atoms. The Morgan fingerprint density at radius 3 is 2.72 bits per heavy atom. The lowest BCUT2D eigenvalue weighted by atomic mass is 9.88. The first-order valence-electron chi connectivity index (χ1n) is 9.39. The Morgan fingerprint density at radius 1 is 1.32 bits per heavy atom. The predicted molar refractivity (Wildman–Crippen MR) is 101 cm³/mol. The van der Waals surface area contributed by atoms with Gasteiger partial charge in [-0.05, 0) is 37.3 Å². The quantitative estimate of drug-likeness (QED) is 0.867. The minimum Gasteiger partial charge on any atom is -0.370 e. The second kappa shape index (κ2) is 8.07. The Kier molecular flexibility index (Phi) is 6.03. The van der Waals surface area contributed by atoms with Crippen LogP contribution in [0.25, 0.3) is 0 Å². The van der Waals surface area contributed by atoms with Crippen LogP contribution in [-0.4, -0.2) is 42.1 Å². The van der Waals surface area contributed by atoms with E-state index in [-0.39, 0.29) is 23.5 Å². The van der Waals surface area contributed by atoms with E-state index in [0.29, 0.717) is 6.54 Å². The molecule has 2 saturated heterocycles. The maximum Gasteiger partial charge on any atom is 0.222 e. The zero-order chi connectivity index (χ0) is 17.9. The highest BCUT2D eigenvalue weighted by atomic mass is 35.5. The Hall–Kier alpha value is -1.10. The number of nitrogens with one attached hydrogen (secondary N) is 1. The van der Waals surface area contributed by atoms with Crippen molar-refractivity contribution in [1.82, 2.24) is 10.2 Å². The Morgan fingerprint density at radius 2 is 2.04 bits per heavy atom. The van der Waals surface area contributed by atoms with Crippen molar-refractivity contribution in [2.45, 2.75) is 57.8 Å². The fourth-order valence-corrected chi connectivity index (χ4v) is 4.01. The summed E-state index contributed by atoms with van der Waals surface area (Å²) in [5, 5.41) is 3.85. The van der Waals surface area contributed by atoms with Gasteiger partial charge >= 0.3 is 0 Å². The van der Waals surface area contributed by atoms with E-state index in [9.17, 15) is 4.79 Å².